The van der Waals surface area contributed by atoms with Gasteiger partial charge in [-0.15, -0.1) is 10.2 Å². The Bertz CT molecular complexity index is 582. The highest BCUT2D eigenvalue weighted by Crippen LogP contribution is 2.06. The second-order valence-electron chi connectivity index (χ2n) is 4.00. The lowest BCUT2D eigenvalue weighted by Gasteiger charge is -2.07. The maximum atomic E-state index is 13.7. The lowest BCUT2D eigenvalue weighted by molar-refractivity contribution is -0.105. The highest BCUT2D eigenvalue weighted by Gasteiger charge is 2.10. The summed E-state index contributed by atoms with van der Waals surface area (Å²) in [5.74, 6) is 0.263. The van der Waals surface area contributed by atoms with Crippen LogP contribution in [0.3, 0.4) is 0 Å². The van der Waals surface area contributed by atoms with Crippen LogP contribution in [0, 0.1) is 0 Å². The molecular formula is C10H12FN7O2. The van der Waals surface area contributed by atoms with Gasteiger partial charge in [0.05, 0.1) is 18.9 Å². The molecular weight excluding hydrogens is 269 g/mol. The molecule has 1 atom stereocenters. The molecule has 0 bridgehead atoms. The minimum atomic E-state index is -1.16. The summed E-state index contributed by atoms with van der Waals surface area (Å²) in [4.78, 5) is 20.6. The van der Waals surface area contributed by atoms with E-state index in [0.717, 1.165) is 0 Å². The Balaban J connectivity index is 1.80. The van der Waals surface area contributed by atoms with E-state index in [2.05, 4.69) is 25.9 Å². The third-order valence-corrected chi connectivity index (χ3v) is 2.48. The van der Waals surface area contributed by atoms with Crippen LogP contribution in [0.4, 0.5) is 10.2 Å². The molecule has 2 rings (SSSR count). The second-order valence-corrected chi connectivity index (χ2v) is 4.00. The molecule has 0 saturated carbocycles. The van der Waals surface area contributed by atoms with Crippen molar-refractivity contribution in [1.82, 2.24) is 30.0 Å². The van der Waals surface area contributed by atoms with Crippen molar-refractivity contribution in [3.8, 4) is 0 Å². The Kier molecular flexibility index (Phi) is 4.47. The van der Waals surface area contributed by atoms with Crippen molar-refractivity contribution in [2.24, 2.45) is 0 Å². The number of aromatic nitrogens is 6. The maximum absolute atomic E-state index is 13.7. The number of hydrogen-bond acceptors (Lipinski definition) is 6. The van der Waals surface area contributed by atoms with E-state index in [1.807, 2.05) is 0 Å². The van der Waals surface area contributed by atoms with Crippen LogP contribution in [-0.2, 0) is 17.9 Å². The first-order valence-electron chi connectivity index (χ1n) is 5.81. The first kappa shape index (κ1) is 13.8. The molecule has 2 aromatic rings. The van der Waals surface area contributed by atoms with E-state index in [1.165, 1.54) is 21.8 Å². The number of carbonyl (C=O) groups is 2. The quantitative estimate of drug-likeness (QED) is 0.664. The summed E-state index contributed by atoms with van der Waals surface area (Å²) in [6.07, 6.45) is 2.95. The number of nitrogens with zero attached hydrogens (tertiary/aromatic N) is 6. The standard InChI is InChI=1S/C10H12FN7O2/c11-8(1-2-17-4-9(6-19)13-15-17)3-18-5-10(12-7-20)14-16-18/h4-8H,1-3H2,(H,12,20). The van der Waals surface area contributed by atoms with Crippen LogP contribution in [0.2, 0.25) is 0 Å². The molecule has 0 saturated heterocycles. The predicted octanol–water partition coefficient (Wildman–Crippen LogP) is -0.321. The Morgan fingerprint density at radius 1 is 1.25 bits per heavy atom. The average Bonchev–Trinajstić information content (AvgIpc) is 3.06. The average molecular weight is 281 g/mol. The van der Waals surface area contributed by atoms with Gasteiger partial charge in [-0.1, -0.05) is 10.4 Å². The second kappa shape index (κ2) is 6.50. The van der Waals surface area contributed by atoms with Crippen LogP contribution in [0.15, 0.2) is 12.4 Å². The van der Waals surface area contributed by atoms with Gasteiger partial charge in [-0.2, -0.15) is 0 Å². The zero-order valence-electron chi connectivity index (χ0n) is 10.4. The molecule has 2 aromatic heterocycles. The number of alkyl halides is 1. The molecule has 0 aliphatic rings. The van der Waals surface area contributed by atoms with Crippen LogP contribution < -0.4 is 5.32 Å². The molecule has 10 heteroatoms. The minimum Gasteiger partial charge on any atom is -0.310 e. The third kappa shape index (κ3) is 3.67. The van der Waals surface area contributed by atoms with Crippen LogP contribution in [-0.4, -0.2) is 48.9 Å². The molecule has 9 nitrogen and oxygen atoms in total. The lowest BCUT2D eigenvalue weighted by Crippen LogP contribution is -2.15. The van der Waals surface area contributed by atoms with Crippen molar-refractivity contribution in [2.45, 2.75) is 25.7 Å². The fourth-order valence-corrected chi connectivity index (χ4v) is 1.56. The summed E-state index contributed by atoms with van der Waals surface area (Å²) >= 11 is 0. The van der Waals surface area contributed by atoms with Crippen molar-refractivity contribution < 1.29 is 14.0 Å². The molecule has 0 aromatic carbocycles. The van der Waals surface area contributed by atoms with E-state index in [9.17, 15) is 14.0 Å². The maximum Gasteiger partial charge on any atom is 0.212 e. The number of hydrogen-bond donors (Lipinski definition) is 1. The number of amides is 1. The topological polar surface area (TPSA) is 108 Å². The molecule has 0 spiro atoms. The van der Waals surface area contributed by atoms with Gasteiger partial charge in [0.15, 0.2) is 12.1 Å². The summed E-state index contributed by atoms with van der Waals surface area (Å²) in [5, 5.41) is 16.9. The molecule has 0 aliphatic heterocycles. The molecule has 2 heterocycles. The fraction of sp³-hybridized carbons (Fsp3) is 0.400. The van der Waals surface area contributed by atoms with Gasteiger partial charge >= 0.3 is 0 Å². The van der Waals surface area contributed by atoms with Crippen molar-refractivity contribution >= 4 is 18.5 Å². The molecule has 1 unspecified atom stereocenters. The van der Waals surface area contributed by atoms with Gasteiger partial charge in [-0.05, 0) is 0 Å². The van der Waals surface area contributed by atoms with Gasteiger partial charge in [0, 0.05) is 13.0 Å². The fourth-order valence-electron chi connectivity index (χ4n) is 1.56. The van der Waals surface area contributed by atoms with Gasteiger partial charge in [-0.25, -0.2) is 9.07 Å². The van der Waals surface area contributed by atoms with Crippen molar-refractivity contribution in [2.75, 3.05) is 5.32 Å². The lowest BCUT2D eigenvalue weighted by atomic mass is 10.3. The zero-order valence-corrected chi connectivity index (χ0v) is 10.4. The molecule has 0 radical (unpaired) electrons. The summed E-state index contributed by atoms with van der Waals surface area (Å²) in [5.41, 5.74) is 0.210. The summed E-state index contributed by atoms with van der Waals surface area (Å²) in [6.45, 7) is 0.318. The van der Waals surface area contributed by atoms with Gasteiger partial charge in [0.2, 0.25) is 6.41 Å². The normalized spacial score (nSPS) is 12.1. The number of aldehydes is 1. The Labute approximate surface area is 112 Å². The highest BCUT2D eigenvalue weighted by molar-refractivity contribution is 5.70. The van der Waals surface area contributed by atoms with E-state index in [4.69, 9.17) is 0 Å². The number of anilines is 1. The Morgan fingerprint density at radius 2 is 2.05 bits per heavy atom. The minimum absolute atomic E-state index is 0.0166. The van der Waals surface area contributed by atoms with E-state index >= 15 is 0 Å². The molecule has 1 amide bonds. The summed E-state index contributed by atoms with van der Waals surface area (Å²) < 4.78 is 16.4. The largest absolute Gasteiger partial charge is 0.310 e. The molecule has 1 N–H and O–H groups in total. The van der Waals surface area contributed by atoms with E-state index < -0.39 is 6.17 Å². The van der Waals surface area contributed by atoms with Crippen LogP contribution in [0.25, 0.3) is 0 Å². The predicted molar refractivity (Wildman–Crippen MR) is 64.6 cm³/mol. The molecule has 20 heavy (non-hydrogen) atoms. The number of halogens is 1. The first-order chi connectivity index (χ1) is 9.71. The van der Waals surface area contributed by atoms with Crippen LogP contribution >= 0.6 is 0 Å². The highest BCUT2D eigenvalue weighted by atomic mass is 19.1. The Hall–Kier alpha value is -2.65. The molecule has 0 fully saturated rings. The van der Waals surface area contributed by atoms with Crippen molar-refractivity contribution in [3.63, 3.8) is 0 Å². The number of nitrogens with one attached hydrogen (secondary N) is 1. The number of carbonyl (C=O) groups excluding carboxylic acids is 2. The zero-order chi connectivity index (χ0) is 14.4. The SMILES string of the molecule is O=CNc1cn(CC(F)CCn2cc(C=O)nn2)nn1. The monoisotopic (exact) mass is 281 g/mol. The number of rotatable bonds is 8. The van der Waals surface area contributed by atoms with E-state index in [0.29, 0.717) is 19.2 Å². The van der Waals surface area contributed by atoms with Gasteiger partial charge in [-0.3, -0.25) is 14.3 Å². The van der Waals surface area contributed by atoms with Crippen LogP contribution in [0.5, 0.6) is 0 Å². The Morgan fingerprint density at radius 3 is 2.75 bits per heavy atom. The van der Waals surface area contributed by atoms with Crippen LogP contribution in [0.1, 0.15) is 16.9 Å². The smallest absolute Gasteiger partial charge is 0.212 e. The van der Waals surface area contributed by atoms with E-state index in [1.54, 1.807) is 0 Å². The summed E-state index contributed by atoms with van der Waals surface area (Å²) in [6, 6.07) is 0. The first-order valence-corrected chi connectivity index (χ1v) is 5.81. The third-order valence-electron chi connectivity index (χ3n) is 2.48. The van der Waals surface area contributed by atoms with Crippen molar-refractivity contribution in [3.05, 3.63) is 18.1 Å². The number of aryl methyl sites for hydroxylation is 1. The van der Waals surface area contributed by atoms with Gasteiger partial charge in [0.1, 0.15) is 11.9 Å². The van der Waals surface area contributed by atoms with Gasteiger partial charge < -0.3 is 5.32 Å². The molecule has 0 aliphatic carbocycles. The van der Waals surface area contributed by atoms with Gasteiger partial charge in [0.25, 0.3) is 0 Å². The summed E-state index contributed by atoms with van der Waals surface area (Å²) in [7, 11) is 0. The van der Waals surface area contributed by atoms with Crippen molar-refractivity contribution in [1.29, 1.82) is 0 Å². The molecule has 106 valence electrons. The van der Waals surface area contributed by atoms with E-state index in [-0.39, 0.29) is 24.5 Å².